The van der Waals surface area contributed by atoms with Crippen molar-refractivity contribution in [3.8, 4) is 0 Å². The molecule has 0 saturated heterocycles. The fraction of sp³-hybridized carbons (Fsp3) is 0.500. The summed E-state index contributed by atoms with van der Waals surface area (Å²) < 4.78 is 0. The fourth-order valence-corrected chi connectivity index (χ4v) is 1.38. The van der Waals surface area contributed by atoms with Crippen LogP contribution in [0, 0.1) is 13.8 Å². The van der Waals surface area contributed by atoms with Gasteiger partial charge in [0.2, 0.25) is 0 Å². The molecule has 0 bridgehead atoms. The fourth-order valence-electron chi connectivity index (χ4n) is 1.38. The smallest absolute Gasteiger partial charge is 0.325 e. The Hall–Kier alpha value is -1.36. The zero-order valence-electron chi connectivity index (χ0n) is 7.88. The van der Waals surface area contributed by atoms with Gasteiger partial charge in [-0.2, -0.15) is 5.10 Å². The van der Waals surface area contributed by atoms with Crippen LogP contribution in [0.4, 0.5) is 0 Å². The van der Waals surface area contributed by atoms with Gasteiger partial charge in [0.15, 0.2) is 0 Å². The molecule has 0 aliphatic heterocycles. The maximum absolute atomic E-state index is 10.8. The second kappa shape index (κ2) is 3.57. The van der Waals surface area contributed by atoms with Gasteiger partial charge >= 0.3 is 5.97 Å². The van der Waals surface area contributed by atoms with Gasteiger partial charge in [-0.15, -0.1) is 0 Å². The quantitative estimate of drug-likeness (QED) is 0.632. The van der Waals surface area contributed by atoms with Crippen molar-refractivity contribution in [1.29, 1.82) is 0 Å². The molecule has 0 aromatic carbocycles. The molecule has 0 aliphatic carbocycles. The average molecular weight is 183 g/mol. The number of rotatable bonds is 3. The molecule has 1 aromatic heterocycles. The van der Waals surface area contributed by atoms with E-state index in [1.807, 2.05) is 6.92 Å². The largest absolute Gasteiger partial charge is 0.480 e. The summed E-state index contributed by atoms with van der Waals surface area (Å²) in [6, 6.07) is -0.682. The van der Waals surface area contributed by atoms with Gasteiger partial charge in [-0.05, 0) is 20.9 Å². The van der Waals surface area contributed by atoms with E-state index < -0.39 is 12.0 Å². The van der Waals surface area contributed by atoms with Crippen molar-refractivity contribution in [3.05, 3.63) is 17.0 Å². The molecule has 1 heterocycles. The van der Waals surface area contributed by atoms with Crippen LogP contribution in [0.3, 0.4) is 0 Å². The number of hydrogen-bond donors (Lipinski definition) is 3. The summed E-state index contributed by atoms with van der Waals surface area (Å²) in [5, 5.41) is 18.3. The Balaban J connectivity index is 3.10. The van der Waals surface area contributed by atoms with Crippen molar-refractivity contribution in [3.63, 3.8) is 0 Å². The first kappa shape index (κ1) is 9.73. The molecule has 13 heavy (non-hydrogen) atoms. The van der Waals surface area contributed by atoms with Gasteiger partial charge in [-0.25, -0.2) is 0 Å². The number of H-pyrrole nitrogens is 1. The molecule has 1 atom stereocenters. The summed E-state index contributed by atoms with van der Waals surface area (Å²) in [6.07, 6.45) is 0. The molecule has 1 unspecified atom stereocenters. The van der Waals surface area contributed by atoms with Crippen LogP contribution in [0.5, 0.6) is 0 Å². The van der Waals surface area contributed by atoms with Crippen LogP contribution in [-0.2, 0) is 4.79 Å². The van der Waals surface area contributed by atoms with Crippen LogP contribution in [0.1, 0.15) is 23.0 Å². The predicted molar refractivity (Wildman–Crippen MR) is 47.5 cm³/mol. The molecule has 0 saturated carbocycles. The van der Waals surface area contributed by atoms with E-state index in [1.165, 1.54) is 0 Å². The number of carboxylic acids is 1. The number of aryl methyl sites for hydroxylation is 2. The third kappa shape index (κ3) is 1.70. The first-order valence-corrected chi connectivity index (χ1v) is 3.99. The molecule has 72 valence electrons. The van der Waals surface area contributed by atoms with E-state index >= 15 is 0 Å². The van der Waals surface area contributed by atoms with Crippen LogP contribution in [0.15, 0.2) is 0 Å². The molecule has 0 spiro atoms. The lowest BCUT2D eigenvalue weighted by molar-refractivity contribution is -0.139. The summed E-state index contributed by atoms with van der Waals surface area (Å²) in [6.45, 7) is 3.59. The highest BCUT2D eigenvalue weighted by atomic mass is 16.4. The lowest BCUT2D eigenvalue weighted by Crippen LogP contribution is -2.25. The van der Waals surface area contributed by atoms with Crippen LogP contribution < -0.4 is 5.32 Å². The Morgan fingerprint density at radius 1 is 1.62 bits per heavy atom. The van der Waals surface area contributed by atoms with Gasteiger partial charge in [0.05, 0.1) is 5.69 Å². The first-order valence-electron chi connectivity index (χ1n) is 3.99. The summed E-state index contributed by atoms with van der Waals surface area (Å²) in [4.78, 5) is 10.8. The van der Waals surface area contributed by atoms with Crippen molar-refractivity contribution < 1.29 is 9.90 Å². The van der Waals surface area contributed by atoms with Crippen molar-refractivity contribution in [2.75, 3.05) is 7.05 Å². The zero-order valence-corrected chi connectivity index (χ0v) is 7.88. The summed E-state index contributed by atoms with van der Waals surface area (Å²) in [5.74, 6) is -0.893. The normalized spacial score (nSPS) is 12.8. The van der Waals surface area contributed by atoms with Crippen molar-refractivity contribution in [2.24, 2.45) is 0 Å². The first-order chi connectivity index (χ1) is 6.07. The maximum atomic E-state index is 10.8. The van der Waals surface area contributed by atoms with Crippen molar-refractivity contribution >= 4 is 5.97 Å². The summed E-state index contributed by atoms with van der Waals surface area (Å²) >= 11 is 0. The van der Waals surface area contributed by atoms with Crippen LogP contribution in [0.25, 0.3) is 0 Å². The van der Waals surface area contributed by atoms with E-state index in [4.69, 9.17) is 5.11 Å². The predicted octanol–water partition coefficient (Wildman–Crippen LogP) is 0.372. The van der Waals surface area contributed by atoms with Gasteiger partial charge in [0.1, 0.15) is 6.04 Å². The minimum atomic E-state index is -0.893. The van der Waals surface area contributed by atoms with Gasteiger partial charge in [-0.3, -0.25) is 9.89 Å². The Morgan fingerprint density at radius 2 is 2.23 bits per heavy atom. The Bertz CT molecular complexity index is 300. The number of likely N-dealkylation sites (N-methyl/N-ethyl adjacent to an activating group) is 1. The van der Waals surface area contributed by atoms with Gasteiger partial charge in [0, 0.05) is 11.3 Å². The Labute approximate surface area is 76.2 Å². The van der Waals surface area contributed by atoms with Gasteiger partial charge in [-0.1, -0.05) is 0 Å². The zero-order chi connectivity index (χ0) is 10.0. The number of aromatic nitrogens is 2. The van der Waals surface area contributed by atoms with Crippen LogP contribution >= 0.6 is 0 Å². The third-order valence-corrected chi connectivity index (χ3v) is 2.01. The SMILES string of the molecule is CNC(C(=O)O)c1c(C)n[nH]c1C. The van der Waals surface area contributed by atoms with Crippen molar-refractivity contribution in [2.45, 2.75) is 19.9 Å². The molecule has 0 aliphatic rings. The number of carboxylic acid groups (broad SMARTS) is 1. The van der Waals surface area contributed by atoms with E-state index in [0.29, 0.717) is 0 Å². The number of aromatic amines is 1. The molecule has 1 aromatic rings. The lowest BCUT2D eigenvalue weighted by atomic mass is 10.1. The lowest BCUT2D eigenvalue weighted by Gasteiger charge is -2.10. The maximum Gasteiger partial charge on any atom is 0.325 e. The summed E-state index contributed by atoms with van der Waals surface area (Å²) in [5.41, 5.74) is 2.23. The number of aliphatic carboxylic acids is 1. The van der Waals surface area contributed by atoms with E-state index in [-0.39, 0.29) is 0 Å². The van der Waals surface area contributed by atoms with E-state index in [0.717, 1.165) is 17.0 Å². The minimum absolute atomic E-state index is 0.682. The Morgan fingerprint density at radius 3 is 2.54 bits per heavy atom. The standard InChI is InChI=1S/C8H13N3O2/c1-4-6(5(2)11-10-4)7(9-3)8(12)13/h7,9H,1-3H3,(H,10,11)(H,12,13). The number of hydrogen-bond acceptors (Lipinski definition) is 3. The highest BCUT2D eigenvalue weighted by Gasteiger charge is 2.23. The van der Waals surface area contributed by atoms with Crippen LogP contribution in [0.2, 0.25) is 0 Å². The highest BCUT2D eigenvalue weighted by Crippen LogP contribution is 2.18. The van der Waals surface area contributed by atoms with E-state index in [1.54, 1.807) is 14.0 Å². The summed E-state index contributed by atoms with van der Waals surface area (Å²) in [7, 11) is 1.62. The highest BCUT2D eigenvalue weighted by molar-refractivity contribution is 5.76. The topological polar surface area (TPSA) is 78.0 Å². The van der Waals surface area contributed by atoms with E-state index in [2.05, 4.69) is 15.5 Å². The third-order valence-electron chi connectivity index (χ3n) is 2.01. The van der Waals surface area contributed by atoms with Gasteiger partial charge in [0.25, 0.3) is 0 Å². The second-order valence-corrected chi connectivity index (χ2v) is 2.91. The minimum Gasteiger partial charge on any atom is -0.480 e. The molecule has 5 heteroatoms. The number of carbonyl (C=O) groups is 1. The van der Waals surface area contributed by atoms with Crippen molar-refractivity contribution in [1.82, 2.24) is 15.5 Å². The second-order valence-electron chi connectivity index (χ2n) is 2.91. The van der Waals surface area contributed by atoms with Gasteiger partial charge < -0.3 is 10.4 Å². The number of nitrogens with zero attached hydrogens (tertiary/aromatic N) is 1. The molecule has 5 nitrogen and oxygen atoms in total. The molecule has 3 N–H and O–H groups in total. The van der Waals surface area contributed by atoms with Crippen LogP contribution in [-0.4, -0.2) is 28.3 Å². The molecule has 0 radical (unpaired) electrons. The van der Waals surface area contributed by atoms with E-state index in [9.17, 15) is 4.79 Å². The molecular weight excluding hydrogens is 170 g/mol. The molecule has 0 amide bonds. The molecular formula is C8H13N3O2. The average Bonchev–Trinajstić information content (AvgIpc) is 2.36. The Kier molecular flexibility index (Phi) is 2.67. The number of nitrogens with one attached hydrogen (secondary N) is 2. The molecule has 0 fully saturated rings. The molecule has 1 rings (SSSR count). The monoisotopic (exact) mass is 183 g/mol.